The molecule has 1 N–H and O–H groups in total. The molecule has 1 saturated carbocycles. The third kappa shape index (κ3) is 5.94. The third-order valence-electron chi connectivity index (χ3n) is 7.11. The molecule has 3 rings (SSSR count). The number of nitrogens with zero attached hydrogens (tertiary/aromatic N) is 2. The zero-order valence-electron chi connectivity index (χ0n) is 20.2. The molecule has 1 aliphatic carbocycles. The minimum absolute atomic E-state index is 0.152. The summed E-state index contributed by atoms with van der Waals surface area (Å²) < 4.78 is 57.7. The molecule has 0 aromatic heterocycles. The van der Waals surface area contributed by atoms with Gasteiger partial charge in [0.2, 0.25) is 5.91 Å². The Labute approximate surface area is 201 Å². The van der Waals surface area contributed by atoms with Gasteiger partial charge in [-0.05, 0) is 64.8 Å². The van der Waals surface area contributed by atoms with E-state index in [0.717, 1.165) is 6.42 Å². The van der Waals surface area contributed by atoms with Crippen LogP contribution in [-0.4, -0.2) is 72.5 Å². The SMILES string of the molecule is COC(=O)[C@@H]1C[C@H](N(C)C(C)C)CC[C@@H]1N1CC[C@H](NC(=O)c2cc(F)cc(C(F)(F)F)c2)C1=O. The van der Waals surface area contributed by atoms with E-state index in [1.807, 2.05) is 7.05 Å². The van der Waals surface area contributed by atoms with E-state index < -0.39 is 58.9 Å². The van der Waals surface area contributed by atoms with Crippen molar-refractivity contribution >= 4 is 17.8 Å². The van der Waals surface area contributed by atoms with Crippen LogP contribution < -0.4 is 5.32 Å². The summed E-state index contributed by atoms with van der Waals surface area (Å²) >= 11 is 0. The fourth-order valence-corrected chi connectivity index (χ4v) is 4.99. The number of carbonyl (C=O) groups excluding carboxylic acids is 3. The maximum atomic E-state index is 13.7. The smallest absolute Gasteiger partial charge is 0.416 e. The topological polar surface area (TPSA) is 79.0 Å². The normalized spacial score (nSPS) is 25.3. The molecule has 2 fully saturated rings. The van der Waals surface area contributed by atoms with E-state index in [9.17, 15) is 31.9 Å². The highest BCUT2D eigenvalue weighted by Gasteiger charge is 2.46. The molecular weight excluding hydrogens is 470 g/mol. The van der Waals surface area contributed by atoms with Crippen LogP contribution >= 0.6 is 0 Å². The molecule has 2 aliphatic rings. The summed E-state index contributed by atoms with van der Waals surface area (Å²) in [6, 6.07) is 0.605. The summed E-state index contributed by atoms with van der Waals surface area (Å²) in [6.45, 7) is 4.41. The zero-order valence-corrected chi connectivity index (χ0v) is 20.2. The van der Waals surface area contributed by atoms with E-state index in [-0.39, 0.29) is 25.0 Å². The maximum absolute atomic E-state index is 13.7. The Bertz CT molecular complexity index is 969. The van der Waals surface area contributed by atoms with Gasteiger partial charge in [0.05, 0.1) is 18.6 Å². The summed E-state index contributed by atoms with van der Waals surface area (Å²) in [5.74, 6) is -3.52. The first-order valence-corrected chi connectivity index (χ1v) is 11.6. The van der Waals surface area contributed by atoms with Crippen LogP contribution in [0.15, 0.2) is 18.2 Å². The van der Waals surface area contributed by atoms with Crippen LogP contribution in [0.3, 0.4) is 0 Å². The number of alkyl halides is 3. The fraction of sp³-hybridized carbons (Fsp3) is 0.625. The summed E-state index contributed by atoms with van der Waals surface area (Å²) in [7, 11) is 3.30. The number of methoxy groups -OCH3 is 1. The van der Waals surface area contributed by atoms with Crippen LogP contribution in [0.1, 0.15) is 55.5 Å². The molecule has 0 bridgehead atoms. The van der Waals surface area contributed by atoms with Gasteiger partial charge < -0.3 is 19.9 Å². The summed E-state index contributed by atoms with van der Waals surface area (Å²) in [4.78, 5) is 42.0. The lowest BCUT2D eigenvalue weighted by molar-refractivity contribution is -0.152. The molecule has 0 spiro atoms. The highest BCUT2D eigenvalue weighted by atomic mass is 19.4. The van der Waals surface area contributed by atoms with Gasteiger partial charge in [0.15, 0.2) is 0 Å². The maximum Gasteiger partial charge on any atom is 0.416 e. The first-order valence-electron chi connectivity index (χ1n) is 11.6. The Kier molecular flexibility index (Phi) is 8.08. The number of hydrogen-bond donors (Lipinski definition) is 1. The molecule has 1 aromatic rings. The number of hydrogen-bond acceptors (Lipinski definition) is 5. The molecule has 1 saturated heterocycles. The van der Waals surface area contributed by atoms with Crippen molar-refractivity contribution in [1.82, 2.24) is 15.1 Å². The van der Waals surface area contributed by atoms with Gasteiger partial charge >= 0.3 is 12.1 Å². The van der Waals surface area contributed by atoms with Crippen molar-refractivity contribution in [3.63, 3.8) is 0 Å². The first kappa shape index (κ1) is 26.9. The second-order valence-corrected chi connectivity index (χ2v) is 9.50. The largest absolute Gasteiger partial charge is 0.469 e. The van der Waals surface area contributed by atoms with Gasteiger partial charge in [0.25, 0.3) is 5.91 Å². The lowest BCUT2D eigenvalue weighted by Gasteiger charge is -2.43. The van der Waals surface area contributed by atoms with Gasteiger partial charge in [-0.3, -0.25) is 14.4 Å². The Morgan fingerprint density at radius 2 is 1.86 bits per heavy atom. The number of carbonyl (C=O) groups is 3. The lowest BCUT2D eigenvalue weighted by atomic mass is 9.80. The van der Waals surface area contributed by atoms with Gasteiger partial charge in [-0.25, -0.2) is 4.39 Å². The van der Waals surface area contributed by atoms with Crippen molar-refractivity contribution in [3.8, 4) is 0 Å². The van der Waals surface area contributed by atoms with E-state index in [1.54, 1.807) is 4.90 Å². The molecule has 0 radical (unpaired) electrons. The summed E-state index contributed by atoms with van der Waals surface area (Å²) in [6.07, 6.45) is -2.71. The van der Waals surface area contributed by atoms with Gasteiger partial charge in [-0.2, -0.15) is 13.2 Å². The van der Waals surface area contributed by atoms with E-state index in [1.165, 1.54) is 7.11 Å². The molecular formula is C24H31F4N3O4. The number of amides is 2. The van der Waals surface area contributed by atoms with Crippen LogP contribution in [0, 0.1) is 11.7 Å². The Morgan fingerprint density at radius 1 is 1.17 bits per heavy atom. The summed E-state index contributed by atoms with van der Waals surface area (Å²) in [5.41, 5.74) is -1.81. The van der Waals surface area contributed by atoms with E-state index in [4.69, 9.17) is 4.74 Å². The van der Waals surface area contributed by atoms with Crippen molar-refractivity contribution in [1.29, 1.82) is 0 Å². The lowest BCUT2D eigenvalue weighted by Crippen LogP contribution is -2.53. The Hall–Kier alpha value is -2.69. The van der Waals surface area contributed by atoms with E-state index in [0.29, 0.717) is 31.0 Å². The molecule has 2 amide bonds. The quantitative estimate of drug-likeness (QED) is 0.479. The van der Waals surface area contributed by atoms with Gasteiger partial charge in [-0.15, -0.1) is 0 Å². The van der Waals surface area contributed by atoms with Crippen LogP contribution in [0.5, 0.6) is 0 Å². The number of likely N-dealkylation sites (tertiary alicyclic amines) is 1. The van der Waals surface area contributed by atoms with E-state index in [2.05, 4.69) is 24.1 Å². The van der Waals surface area contributed by atoms with Gasteiger partial charge in [-0.1, -0.05) is 0 Å². The zero-order chi connectivity index (χ0) is 26.1. The highest BCUT2D eigenvalue weighted by Crippen LogP contribution is 2.35. The van der Waals surface area contributed by atoms with Crippen molar-refractivity contribution in [2.75, 3.05) is 20.7 Å². The van der Waals surface area contributed by atoms with Crippen LogP contribution in [-0.2, 0) is 20.5 Å². The molecule has 0 unspecified atom stereocenters. The van der Waals surface area contributed by atoms with Crippen LogP contribution in [0.4, 0.5) is 17.6 Å². The second kappa shape index (κ2) is 10.5. The number of rotatable bonds is 6. The van der Waals surface area contributed by atoms with Crippen molar-refractivity contribution in [2.45, 2.75) is 69.9 Å². The average molecular weight is 502 g/mol. The van der Waals surface area contributed by atoms with Crippen molar-refractivity contribution < 1.29 is 36.7 Å². The number of benzene rings is 1. The predicted octanol–water partition coefficient (Wildman–Crippen LogP) is 3.23. The molecule has 11 heteroatoms. The van der Waals surface area contributed by atoms with Gasteiger partial charge in [0.1, 0.15) is 11.9 Å². The van der Waals surface area contributed by atoms with E-state index >= 15 is 0 Å². The average Bonchev–Trinajstić information content (AvgIpc) is 3.16. The molecule has 1 heterocycles. The molecule has 4 atom stereocenters. The molecule has 7 nitrogen and oxygen atoms in total. The van der Waals surface area contributed by atoms with Crippen LogP contribution in [0.2, 0.25) is 0 Å². The standard InChI is InChI=1S/C24H31F4N3O4/c1-13(2)30(3)17-5-6-20(18(12-17)23(34)35-4)31-8-7-19(22(31)33)29-21(32)14-9-15(24(26,27)28)11-16(25)10-14/h9-11,13,17-20H,5-8,12H2,1-4H3,(H,29,32)/t17-,18-,19+,20+/m1/s1. The minimum atomic E-state index is -4.82. The molecule has 194 valence electrons. The number of nitrogens with one attached hydrogen (secondary N) is 1. The molecule has 35 heavy (non-hydrogen) atoms. The minimum Gasteiger partial charge on any atom is -0.469 e. The van der Waals surface area contributed by atoms with Crippen molar-refractivity contribution in [2.24, 2.45) is 5.92 Å². The number of ether oxygens (including phenoxy) is 1. The van der Waals surface area contributed by atoms with Crippen molar-refractivity contribution in [3.05, 3.63) is 35.1 Å². The first-order chi connectivity index (χ1) is 16.3. The fourth-order valence-electron chi connectivity index (χ4n) is 4.99. The second-order valence-electron chi connectivity index (χ2n) is 9.50. The third-order valence-corrected chi connectivity index (χ3v) is 7.11. The number of esters is 1. The molecule has 1 aliphatic heterocycles. The van der Waals surface area contributed by atoms with Crippen LogP contribution in [0.25, 0.3) is 0 Å². The Morgan fingerprint density at radius 3 is 2.46 bits per heavy atom. The highest BCUT2D eigenvalue weighted by molar-refractivity contribution is 5.98. The summed E-state index contributed by atoms with van der Waals surface area (Å²) in [5, 5.41) is 2.43. The number of halogens is 4. The Balaban J connectivity index is 1.72. The monoisotopic (exact) mass is 501 g/mol. The molecule has 1 aromatic carbocycles. The predicted molar refractivity (Wildman–Crippen MR) is 119 cm³/mol. The van der Waals surface area contributed by atoms with Gasteiger partial charge in [0, 0.05) is 30.2 Å².